The van der Waals surface area contributed by atoms with E-state index < -0.39 is 44.0 Å². The van der Waals surface area contributed by atoms with Gasteiger partial charge in [0.1, 0.15) is 17.4 Å². The summed E-state index contributed by atoms with van der Waals surface area (Å²) in [5, 5.41) is -0.847. The average Bonchev–Trinajstić information content (AvgIpc) is 2.65. The molecule has 0 unspecified atom stereocenters. The molecule has 3 aromatic rings. The Hall–Kier alpha value is -2.91. The van der Waals surface area contributed by atoms with Crippen LogP contribution < -0.4 is 4.74 Å². The standard InChI is InChI=1S/C18H11ClF2N2O4S/c19-15-9-22-18(28(25,26)10-11-1-3-12(20)4-2-11)23-16(15)17(24)27-14-7-5-13(21)6-8-14/h1-9H,10H2. The van der Waals surface area contributed by atoms with Crippen molar-refractivity contribution in [1.82, 2.24) is 9.97 Å². The molecular weight excluding hydrogens is 414 g/mol. The zero-order chi connectivity index (χ0) is 20.3. The number of carbonyl (C=O) groups is 1. The van der Waals surface area contributed by atoms with Crippen LogP contribution in [0.15, 0.2) is 59.9 Å². The number of carbonyl (C=O) groups excluding carboxylic acids is 1. The van der Waals surface area contributed by atoms with Crippen LogP contribution in [0.5, 0.6) is 5.75 Å². The highest BCUT2D eigenvalue weighted by atomic mass is 35.5. The molecule has 0 aliphatic rings. The van der Waals surface area contributed by atoms with E-state index in [1.807, 2.05) is 0 Å². The topological polar surface area (TPSA) is 86.2 Å². The van der Waals surface area contributed by atoms with Crippen LogP contribution in [0, 0.1) is 11.6 Å². The molecule has 0 atom stereocenters. The van der Waals surface area contributed by atoms with Crippen molar-refractivity contribution in [2.75, 3.05) is 0 Å². The first-order chi connectivity index (χ1) is 13.2. The van der Waals surface area contributed by atoms with Gasteiger partial charge in [-0.1, -0.05) is 23.7 Å². The van der Waals surface area contributed by atoms with Gasteiger partial charge in [0.25, 0.3) is 0 Å². The lowest BCUT2D eigenvalue weighted by molar-refractivity contribution is 0.0727. The lowest BCUT2D eigenvalue weighted by Crippen LogP contribution is -2.16. The van der Waals surface area contributed by atoms with Gasteiger partial charge in [-0.2, -0.15) is 0 Å². The molecule has 28 heavy (non-hydrogen) atoms. The maximum absolute atomic E-state index is 13.0. The largest absolute Gasteiger partial charge is 0.422 e. The lowest BCUT2D eigenvalue weighted by Gasteiger charge is -2.08. The molecule has 0 aliphatic carbocycles. The van der Waals surface area contributed by atoms with E-state index in [9.17, 15) is 22.0 Å². The van der Waals surface area contributed by atoms with E-state index >= 15 is 0 Å². The second-order valence-electron chi connectivity index (χ2n) is 5.58. The Morgan fingerprint density at radius 3 is 2.18 bits per heavy atom. The fraction of sp³-hybridized carbons (Fsp3) is 0.0556. The number of hydrogen-bond acceptors (Lipinski definition) is 6. The Bertz CT molecular complexity index is 1120. The first-order valence-corrected chi connectivity index (χ1v) is 9.75. The minimum atomic E-state index is -4.04. The number of halogens is 3. The van der Waals surface area contributed by atoms with Crippen molar-refractivity contribution in [2.45, 2.75) is 10.9 Å². The number of sulfone groups is 1. The molecule has 0 aliphatic heterocycles. The van der Waals surface area contributed by atoms with Crippen LogP contribution in [0.4, 0.5) is 8.78 Å². The molecule has 0 fully saturated rings. The summed E-state index contributed by atoms with van der Waals surface area (Å²) in [7, 11) is -4.04. The van der Waals surface area contributed by atoms with Gasteiger partial charge in [0.2, 0.25) is 15.0 Å². The summed E-state index contributed by atoms with van der Waals surface area (Å²) in [5.41, 5.74) is -0.144. The van der Waals surface area contributed by atoms with Crippen LogP contribution in [0.2, 0.25) is 5.02 Å². The van der Waals surface area contributed by atoms with E-state index in [-0.39, 0.29) is 10.8 Å². The molecule has 6 nitrogen and oxygen atoms in total. The maximum Gasteiger partial charge on any atom is 0.364 e. The molecule has 0 amide bonds. The molecule has 0 bridgehead atoms. The van der Waals surface area contributed by atoms with Gasteiger partial charge in [-0.05, 0) is 42.0 Å². The Labute approximate surface area is 163 Å². The summed E-state index contributed by atoms with van der Waals surface area (Å²) >= 11 is 5.89. The third kappa shape index (κ3) is 4.68. The number of nitrogens with zero attached hydrogens (tertiary/aromatic N) is 2. The Kier molecular flexibility index (Phi) is 5.66. The minimum Gasteiger partial charge on any atom is -0.422 e. The fourth-order valence-corrected chi connectivity index (χ4v) is 3.54. The molecule has 0 saturated carbocycles. The second-order valence-corrected chi connectivity index (χ2v) is 7.87. The van der Waals surface area contributed by atoms with Crippen molar-refractivity contribution in [3.63, 3.8) is 0 Å². The van der Waals surface area contributed by atoms with Crippen molar-refractivity contribution in [3.05, 3.63) is 82.6 Å². The Morgan fingerprint density at radius 1 is 1.00 bits per heavy atom. The molecule has 10 heteroatoms. The average molecular weight is 425 g/mol. The van der Waals surface area contributed by atoms with Crippen molar-refractivity contribution < 1.29 is 26.7 Å². The third-order valence-corrected chi connectivity index (χ3v) is 5.23. The summed E-state index contributed by atoms with van der Waals surface area (Å²) in [5.74, 6) is -2.53. The molecular formula is C18H11ClF2N2O4S. The first kappa shape index (κ1) is 19.8. The van der Waals surface area contributed by atoms with Gasteiger partial charge in [0.15, 0.2) is 5.69 Å². The molecule has 0 N–H and O–H groups in total. The van der Waals surface area contributed by atoms with Gasteiger partial charge in [-0.25, -0.2) is 32.0 Å². The molecule has 3 rings (SSSR count). The maximum atomic E-state index is 13.0. The molecule has 0 saturated heterocycles. The van der Waals surface area contributed by atoms with Crippen molar-refractivity contribution in [3.8, 4) is 5.75 Å². The molecule has 144 valence electrons. The number of benzene rings is 2. The highest BCUT2D eigenvalue weighted by Crippen LogP contribution is 2.20. The van der Waals surface area contributed by atoms with Gasteiger partial charge >= 0.3 is 5.97 Å². The Morgan fingerprint density at radius 2 is 1.57 bits per heavy atom. The molecule has 2 aromatic carbocycles. The number of aromatic nitrogens is 2. The van der Waals surface area contributed by atoms with Crippen molar-refractivity contribution in [1.29, 1.82) is 0 Å². The monoisotopic (exact) mass is 424 g/mol. The molecule has 1 heterocycles. The number of hydrogen-bond donors (Lipinski definition) is 0. The van der Waals surface area contributed by atoms with Crippen LogP contribution >= 0.6 is 11.6 Å². The SMILES string of the molecule is O=C(Oc1ccc(F)cc1)c1nc(S(=O)(=O)Cc2ccc(F)cc2)ncc1Cl. The van der Waals surface area contributed by atoms with Gasteiger partial charge < -0.3 is 4.74 Å². The van der Waals surface area contributed by atoms with Crippen LogP contribution in [0.1, 0.15) is 16.1 Å². The number of esters is 1. The summed E-state index contributed by atoms with van der Waals surface area (Å²) in [6, 6.07) is 9.48. The van der Waals surface area contributed by atoms with Gasteiger partial charge in [-0.15, -0.1) is 0 Å². The zero-order valence-corrected chi connectivity index (χ0v) is 15.5. The first-order valence-electron chi connectivity index (χ1n) is 7.72. The van der Waals surface area contributed by atoms with E-state index in [1.165, 1.54) is 24.3 Å². The molecule has 1 aromatic heterocycles. The number of ether oxygens (including phenoxy) is 1. The second kappa shape index (κ2) is 7.99. The predicted molar refractivity (Wildman–Crippen MR) is 95.7 cm³/mol. The van der Waals surface area contributed by atoms with Crippen LogP contribution in [0.3, 0.4) is 0 Å². The summed E-state index contributed by atoms with van der Waals surface area (Å²) in [4.78, 5) is 19.6. The third-order valence-electron chi connectivity index (χ3n) is 3.49. The van der Waals surface area contributed by atoms with E-state index in [0.29, 0.717) is 5.56 Å². The van der Waals surface area contributed by atoms with Crippen LogP contribution in [-0.2, 0) is 15.6 Å². The van der Waals surface area contributed by atoms with Crippen molar-refractivity contribution >= 4 is 27.4 Å². The quantitative estimate of drug-likeness (QED) is 0.353. The Balaban J connectivity index is 1.86. The normalized spacial score (nSPS) is 11.2. The minimum absolute atomic E-state index is 0.0248. The van der Waals surface area contributed by atoms with E-state index in [4.69, 9.17) is 16.3 Å². The van der Waals surface area contributed by atoms with E-state index in [0.717, 1.165) is 30.5 Å². The van der Waals surface area contributed by atoms with E-state index in [1.54, 1.807) is 0 Å². The lowest BCUT2D eigenvalue weighted by atomic mass is 10.2. The van der Waals surface area contributed by atoms with Crippen LogP contribution in [-0.4, -0.2) is 24.4 Å². The van der Waals surface area contributed by atoms with Gasteiger partial charge in [0.05, 0.1) is 17.0 Å². The number of rotatable bonds is 5. The van der Waals surface area contributed by atoms with Gasteiger partial charge in [-0.3, -0.25) is 0 Å². The summed E-state index contributed by atoms with van der Waals surface area (Å²) in [6.07, 6.45) is 0.966. The predicted octanol–water partition coefficient (Wildman–Crippen LogP) is 3.60. The summed E-state index contributed by atoms with van der Waals surface area (Å²) < 4.78 is 55.9. The van der Waals surface area contributed by atoms with E-state index in [2.05, 4.69) is 9.97 Å². The smallest absolute Gasteiger partial charge is 0.364 e. The zero-order valence-electron chi connectivity index (χ0n) is 14.0. The highest BCUT2D eigenvalue weighted by molar-refractivity contribution is 7.90. The van der Waals surface area contributed by atoms with Crippen LogP contribution in [0.25, 0.3) is 0 Å². The molecule has 0 radical (unpaired) electrons. The van der Waals surface area contributed by atoms with Gasteiger partial charge in [0, 0.05) is 0 Å². The summed E-state index contributed by atoms with van der Waals surface area (Å²) in [6.45, 7) is 0. The van der Waals surface area contributed by atoms with Crippen molar-refractivity contribution in [2.24, 2.45) is 0 Å². The highest BCUT2D eigenvalue weighted by Gasteiger charge is 2.24. The fourth-order valence-electron chi connectivity index (χ4n) is 2.17. The molecule has 0 spiro atoms.